The normalized spacial score (nSPS) is 19.5. The molecule has 0 radical (unpaired) electrons. The van der Waals surface area contributed by atoms with Gasteiger partial charge < -0.3 is 14.5 Å². The van der Waals surface area contributed by atoms with Crippen molar-refractivity contribution in [1.29, 1.82) is 0 Å². The third-order valence-corrected chi connectivity index (χ3v) is 14.6. The molecule has 0 fully saturated rings. The average molecular weight is 791 g/mol. The van der Waals surface area contributed by atoms with Crippen molar-refractivity contribution in [2.75, 3.05) is 9.80 Å². The molecule has 6 aromatic rings. The molecule has 12 rings (SSSR count). The molecule has 0 saturated heterocycles. The van der Waals surface area contributed by atoms with E-state index in [1.807, 2.05) is 0 Å². The van der Waals surface area contributed by atoms with Crippen LogP contribution in [0.1, 0.15) is 70.9 Å². The van der Waals surface area contributed by atoms with Gasteiger partial charge in [0.15, 0.2) is 0 Å². The second-order valence-electron chi connectivity index (χ2n) is 18.6. The summed E-state index contributed by atoms with van der Waals surface area (Å²) in [5.74, 6) is 1.79. The molecule has 61 heavy (non-hydrogen) atoms. The molecule has 0 N–H and O–H groups in total. The zero-order valence-corrected chi connectivity index (χ0v) is 35.5. The maximum atomic E-state index is 7.17. The van der Waals surface area contributed by atoms with Gasteiger partial charge in [0.25, 0.3) is 0 Å². The summed E-state index contributed by atoms with van der Waals surface area (Å²) < 4.78 is 7.17. The monoisotopic (exact) mass is 790 g/mol. The van der Waals surface area contributed by atoms with Crippen LogP contribution in [0.4, 0.5) is 22.7 Å². The first-order valence-electron chi connectivity index (χ1n) is 22.2. The van der Waals surface area contributed by atoms with Crippen LogP contribution in [0.25, 0.3) is 33.0 Å². The Hall–Kier alpha value is -6.58. The minimum absolute atomic E-state index is 0.0566. The van der Waals surface area contributed by atoms with Crippen LogP contribution >= 0.6 is 0 Å². The average Bonchev–Trinajstić information content (AvgIpc) is 3.66. The zero-order valence-electron chi connectivity index (χ0n) is 35.5. The molecule has 3 nitrogen and oxygen atoms in total. The smallest absolute Gasteiger partial charge is 0.138 e. The fraction of sp³-hybridized carbons (Fsp3) is 0.207. The van der Waals surface area contributed by atoms with Gasteiger partial charge in [0, 0.05) is 44.9 Å². The molecular weight excluding hydrogens is 741 g/mol. The molecule has 298 valence electrons. The largest absolute Gasteiger partial charge is 0.456 e. The van der Waals surface area contributed by atoms with Crippen molar-refractivity contribution in [1.82, 2.24) is 0 Å². The molecule has 6 aliphatic rings. The minimum Gasteiger partial charge on any atom is -0.456 e. The number of rotatable bonds is 6. The van der Waals surface area contributed by atoms with Gasteiger partial charge in [0.1, 0.15) is 11.5 Å². The summed E-state index contributed by atoms with van der Waals surface area (Å²) in [6.45, 7) is 9.63. The van der Waals surface area contributed by atoms with Gasteiger partial charge in [-0.05, 0) is 125 Å². The number of para-hydroxylation sites is 1. The standard InChI is InChI=1S/C58H50N2O/c1-57(2)48-25-13-11-22-43(48)45-31-29-40(34-50(45)57)59(38-18-7-5-8-19-38)42-33-37-17-15-24-47-55(37)54(36-42)61-53-28-16-27-52(56(47)53)60(39-20-9-6-10-21-39)41-30-32-46-44-23-12-14-26-49(44)58(3,4)51(46)35-41/h5-9,11-13,15-20,22-25,27-34,36,41H,10,14,21,26,35H2,1-4H3. The number of nitrogens with zero attached hydrogens (tertiary/aromatic N) is 2. The van der Waals surface area contributed by atoms with Crippen molar-refractivity contribution >= 4 is 33.5 Å². The first kappa shape index (κ1) is 36.3. The lowest BCUT2D eigenvalue weighted by molar-refractivity contribution is 0.484. The summed E-state index contributed by atoms with van der Waals surface area (Å²) in [4.78, 5) is 5.05. The lowest BCUT2D eigenvalue weighted by Crippen LogP contribution is -2.37. The van der Waals surface area contributed by atoms with Crippen molar-refractivity contribution in [2.45, 2.75) is 71.3 Å². The SMILES string of the molecule is CC1(C)C2=C(C=CCC2)C2=C1CC(N(C1=CC=CCC1)c1cccc3c1-c1cccc4cc(N(c5ccccc5)c5ccc6c(c5)C(C)(C)c5ccccc5-6)cc(c14)O3)C=C2. The van der Waals surface area contributed by atoms with E-state index in [-0.39, 0.29) is 16.9 Å². The van der Waals surface area contributed by atoms with Gasteiger partial charge in [0.05, 0.1) is 17.4 Å². The number of anilines is 4. The molecule has 1 aliphatic heterocycles. The number of ether oxygens (including phenoxy) is 1. The fourth-order valence-corrected chi connectivity index (χ4v) is 11.6. The van der Waals surface area contributed by atoms with E-state index in [4.69, 9.17) is 4.74 Å². The van der Waals surface area contributed by atoms with Crippen molar-refractivity contribution in [3.63, 3.8) is 0 Å². The van der Waals surface area contributed by atoms with Crippen LogP contribution in [0.5, 0.6) is 11.5 Å². The summed E-state index contributed by atoms with van der Waals surface area (Å²) >= 11 is 0. The maximum absolute atomic E-state index is 7.17. The Morgan fingerprint density at radius 1 is 0.590 bits per heavy atom. The van der Waals surface area contributed by atoms with Crippen molar-refractivity contribution in [3.8, 4) is 33.8 Å². The van der Waals surface area contributed by atoms with Gasteiger partial charge in [-0.3, -0.25) is 0 Å². The Balaban J connectivity index is 0.981. The molecule has 0 saturated carbocycles. The van der Waals surface area contributed by atoms with Crippen LogP contribution < -0.4 is 14.5 Å². The van der Waals surface area contributed by atoms with Gasteiger partial charge in [-0.15, -0.1) is 0 Å². The molecule has 0 spiro atoms. The molecule has 6 aromatic carbocycles. The lowest BCUT2D eigenvalue weighted by atomic mass is 9.74. The van der Waals surface area contributed by atoms with E-state index < -0.39 is 0 Å². The van der Waals surface area contributed by atoms with Crippen molar-refractivity contribution in [3.05, 3.63) is 203 Å². The van der Waals surface area contributed by atoms with Crippen molar-refractivity contribution < 1.29 is 4.74 Å². The second kappa shape index (κ2) is 13.5. The van der Waals surface area contributed by atoms with Crippen LogP contribution in [0.3, 0.4) is 0 Å². The highest BCUT2D eigenvalue weighted by atomic mass is 16.5. The minimum atomic E-state index is -0.107. The predicted octanol–water partition coefficient (Wildman–Crippen LogP) is 15.7. The highest BCUT2D eigenvalue weighted by molar-refractivity contribution is 6.09. The highest BCUT2D eigenvalue weighted by Gasteiger charge is 2.42. The van der Waals surface area contributed by atoms with Gasteiger partial charge in [-0.25, -0.2) is 0 Å². The topological polar surface area (TPSA) is 15.7 Å². The van der Waals surface area contributed by atoms with Gasteiger partial charge in [-0.2, -0.15) is 0 Å². The van der Waals surface area contributed by atoms with Crippen LogP contribution in [0.15, 0.2) is 192 Å². The number of hydrogen-bond acceptors (Lipinski definition) is 3. The number of fused-ring (bicyclic) bond motifs is 6. The fourth-order valence-electron chi connectivity index (χ4n) is 11.6. The quantitative estimate of drug-likeness (QED) is 0.167. The Morgan fingerprint density at radius 2 is 1.38 bits per heavy atom. The Bertz CT molecular complexity index is 3040. The van der Waals surface area contributed by atoms with E-state index >= 15 is 0 Å². The van der Waals surface area contributed by atoms with Gasteiger partial charge in [-0.1, -0.05) is 148 Å². The molecule has 1 atom stereocenters. The Kier molecular flexibility index (Phi) is 8.01. The van der Waals surface area contributed by atoms with Crippen molar-refractivity contribution in [2.24, 2.45) is 5.41 Å². The predicted molar refractivity (Wildman–Crippen MR) is 254 cm³/mol. The molecule has 1 heterocycles. The van der Waals surface area contributed by atoms with Gasteiger partial charge in [0.2, 0.25) is 0 Å². The van der Waals surface area contributed by atoms with Crippen LogP contribution in [0, 0.1) is 5.41 Å². The summed E-state index contributed by atoms with van der Waals surface area (Å²) in [6, 6.07) is 44.9. The van der Waals surface area contributed by atoms with E-state index in [2.05, 4.69) is 201 Å². The molecular formula is C58H50N2O. The van der Waals surface area contributed by atoms with E-state index in [1.165, 1.54) is 55.9 Å². The summed E-state index contributed by atoms with van der Waals surface area (Å²) in [6.07, 6.45) is 21.9. The third-order valence-electron chi connectivity index (χ3n) is 14.6. The number of hydrogen-bond donors (Lipinski definition) is 0. The molecule has 0 bridgehead atoms. The molecule has 1 unspecified atom stereocenters. The first-order valence-corrected chi connectivity index (χ1v) is 22.2. The molecule has 5 aliphatic carbocycles. The third kappa shape index (κ3) is 5.42. The molecule has 0 amide bonds. The van der Waals surface area contributed by atoms with E-state index in [0.29, 0.717) is 0 Å². The zero-order chi connectivity index (χ0) is 41.0. The summed E-state index contributed by atoms with van der Waals surface area (Å²) in [7, 11) is 0. The number of benzene rings is 6. The maximum Gasteiger partial charge on any atom is 0.138 e. The van der Waals surface area contributed by atoms with E-state index in [1.54, 1.807) is 11.1 Å². The van der Waals surface area contributed by atoms with E-state index in [0.717, 1.165) is 71.4 Å². The summed E-state index contributed by atoms with van der Waals surface area (Å²) in [5, 5.41) is 2.32. The van der Waals surface area contributed by atoms with Crippen LogP contribution in [-0.4, -0.2) is 6.04 Å². The Morgan fingerprint density at radius 3 is 2.25 bits per heavy atom. The lowest BCUT2D eigenvalue weighted by Gasteiger charge is -2.40. The molecule has 3 heteroatoms. The number of allylic oxidation sites excluding steroid dienone is 10. The molecule has 0 aromatic heterocycles. The second-order valence-corrected chi connectivity index (χ2v) is 18.6. The Labute approximate surface area is 360 Å². The van der Waals surface area contributed by atoms with Crippen LogP contribution in [-0.2, 0) is 5.41 Å². The first-order chi connectivity index (χ1) is 29.8. The summed E-state index contributed by atoms with van der Waals surface area (Å²) in [5.41, 5.74) is 19.7. The van der Waals surface area contributed by atoms with Crippen LogP contribution in [0.2, 0.25) is 0 Å². The van der Waals surface area contributed by atoms with Gasteiger partial charge >= 0.3 is 0 Å². The van der Waals surface area contributed by atoms with E-state index in [9.17, 15) is 0 Å². The highest BCUT2D eigenvalue weighted by Crippen LogP contribution is 2.57.